The molecule has 0 saturated carbocycles. The number of anilines is 1. The van der Waals surface area contributed by atoms with Gasteiger partial charge in [-0.2, -0.15) is 0 Å². The van der Waals surface area contributed by atoms with Gasteiger partial charge < -0.3 is 5.73 Å². The van der Waals surface area contributed by atoms with Crippen LogP contribution >= 0.6 is 23.1 Å². The van der Waals surface area contributed by atoms with Crippen molar-refractivity contribution >= 4 is 29.0 Å². The summed E-state index contributed by atoms with van der Waals surface area (Å²) in [6.07, 6.45) is 0. The molecule has 0 spiro atoms. The predicted octanol–water partition coefficient (Wildman–Crippen LogP) is 1.68. The molecule has 0 saturated heterocycles. The van der Waals surface area contributed by atoms with Gasteiger partial charge in [-0.15, -0.1) is 10.2 Å². The Balaban J connectivity index is 2.24. The maximum absolute atomic E-state index is 5.55. The van der Waals surface area contributed by atoms with Gasteiger partial charge in [0.15, 0.2) is 4.34 Å². The van der Waals surface area contributed by atoms with Crippen LogP contribution in [0.1, 0.15) is 10.7 Å². The van der Waals surface area contributed by atoms with Gasteiger partial charge in [0.05, 0.1) is 0 Å². The normalized spacial score (nSPS) is 10.5. The van der Waals surface area contributed by atoms with E-state index >= 15 is 0 Å². The Morgan fingerprint density at radius 1 is 1.27 bits per heavy atom. The van der Waals surface area contributed by atoms with Gasteiger partial charge in [-0.05, 0) is 31.7 Å². The second kappa shape index (κ2) is 4.11. The Morgan fingerprint density at radius 2 is 2.07 bits per heavy atom. The molecule has 0 bridgehead atoms. The van der Waals surface area contributed by atoms with Gasteiger partial charge in [0.1, 0.15) is 10.0 Å². The van der Waals surface area contributed by atoms with E-state index in [1.54, 1.807) is 0 Å². The summed E-state index contributed by atoms with van der Waals surface area (Å²) >= 11 is 2.98. The summed E-state index contributed by atoms with van der Waals surface area (Å²) in [7, 11) is 0. The first-order valence-corrected chi connectivity index (χ1v) is 5.86. The lowest BCUT2D eigenvalue weighted by Gasteiger charge is -1.99. The third-order valence-corrected chi connectivity index (χ3v) is 3.36. The highest BCUT2D eigenvalue weighted by atomic mass is 32.2. The Bertz CT molecular complexity index is 461. The molecule has 0 aliphatic heterocycles. The fraction of sp³-hybridized carbons (Fsp3) is 0.250. The molecule has 2 N–H and O–H groups in total. The average molecular weight is 239 g/mol. The molecule has 7 heteroatoms. The monoisotopic (exact) mass is 239 g/mol. The van der Waals surface area contributed by atoms with Crippen LogP contribution < -0.4 is 5.73 Å². The van der Waals surface area contributed by atoms with Crippen molar-refractivity contribution in [3.05, 3.63) is 16.8 Å². The summed E-state index contributed by atoms with van der Waals surface area (Å²) in [5.41, 5.74) is 6.40. The molecule has 0 atom stereocenters. The molecular formula is C8H9N5S2. The molecule has 15 heavy (non-hydrogen) atoms. The maximum atomic E-state index is 5.55. The van der Waals surface area contributed by atoms with E-state index in [1.165, 1.54) is 23.1 Å². The molecule has 2 aromatic heterocycles. The smallest absolute Gasteiger partial charge is 0.221 e. The fourth-order valence-corrected chi connectivity index (χ4v) is 2.85. The summed E-state index contributed by atoms with van der Waals surface area (Å²) in [6.45, 7) is 3.80. The predicted molar refractivity (Wildman–Crippen MR) is 60.0 cm³/mol. The molecule has 2 heterocycles. The Morgan fingerprint density at radius 3 is 2.67 bits per heavy atom. The molecule has 5 nitrogen and oxygen atoms in total. The zero-order valence-electron chi connectivity index (χ0n) is 8.26. The molecule has 0 amide bonds. The van der Waals surface area contributed by atoms with Crippen LogP contribution in [0.25, 0.3) is 0 Å². The van der Waals surface area contributed by atoms with Crippen LogP contribution in [0.2, 0.25) is 0 Å². The third-order valence-electron chi connectivity index (χ3n) is 1.55. The van der Waals surface area contributed by atoms with Crippen LogP contribution in [0.4, 0.5) is 5.95 Å². The second-order valence-corrected chi connectivity index (χ2v) is 5.34. The van der Waals surface area contributed by atoms with Gasteiger partial charge in [-0.3, -0.25) is 0 Å². The first kappa shape index (κ1) is 10.3. The first-order chi connectivity index (χ1) is 7.13. The van der Waals surface area contributed by atoms with Crippen LogP contribution in [0, 0.1) is 13.8 Å². The molecule has 2 aromatic rings. The van der Waals surface area contributed by atoms with Gasteiger partial charge in [-0.1, -0.05) is 11.3 Å². The number of nitrogens with zero attached hydrogens (tertiary/aromatic N) is 4. The number of hydrogen-bond donors (Lipinski definition) is 1. The van der Waals surface area contributed by atoms with Crippen molar-refractivity contribution < 1.29 is 0 Å². The zero-order valence-corrected chi connectivity index (χ0v) is 9.89. The Labute approximate surface area is 95.2 Å². The minimum atomic E-state index is 0.290. The third kappa shape index (κ3) is 2.63. The van der Waals surface area contributed by atoms with Crippen LogP contribution in [0.15, 0.2) is 15.4 Å². The standard InChI is InChI=1S/C8H9N5S2/c1-4-3-6(11-7(9)10-4)15-8-13-12-5(2)14-8/h3H,1-2H3,(H2,9,10,11). The zero-order chi connectivity index (χ0) is 10.8. The van der Waals surface area contributed by atoms with Crippen molar-refractivity contribution in [2.24, 2.45) is 0 Å². The Kier molecular flexibility index (Phi) is 2.83. The maximum Gasteiger partial charge on any atom is 0.221 e. The highest BCUT2D eigenvalue weighted by molar-refractivity contribution is 8.01. The molecule has 0 unspecified atom stereocenters. The summed E-state index contributed by atoms with van der Waals surface area (Å²) in [5.74, 6) is 0.290. The van der Waals surface area contributed by atoms with E-state index in [0.29, 0.717) is 5.95 Å². The van der Waals surface area contributed by atoms with E-state index in [-0.39, 0.29) is 0 Å². The largest absolute Gasteiger partial charge is 0.368 e. The number of nitrogen functional groups attached to an aromatic ring is 1. The summed E-state index contributed by atoms with van der Waals surface area (Å²) in [4.78, 5) is 8.11. The van der Waals surface area contributed by atoms with Crippen molar-refractivity contribution in [3.63, 3.8) is 0 Å². The summed E-state index contributed by atoms with van der Waals surface area (Å²) < 4.78 is 0.866. The fourth-order valence-electron chi connectivity index (χ4n) is 1.02. The second-order valence-electron chi connectivity index (χ2n) is 2.89. The lowest BCUT2D eigenvalue weighted by molar-refractivity contribution is 0.975. The SMILES string of the molecule is Cc1cc(Sc2nnc(C)s2)nc(N)n1. The molecule has 0 fully saturated rings. The van der Waals surface area contributed by atoms with Gasteiger partial charge in [0.25, 0.3) is 0 Å². The first-order valence-electron chi connectivity index (χ1n) is 4.22. The summed E-state index contributed by atoms with van der Waals surface area (Å²) in [6, 6.07) is 1.87. The van der Waals surface area contributed by atoms with Crippen molar-refractivity contribution in [1.82, 2.24) is 20.2 Å². The van der Waals surface area contributed by atoms with E-state index in [1.807, 2.05) is 19.9 Å². The Hall–Kier alpha value is -1.21. The number of nitrogens with two attached hydrogens (primary N) is 1. The van der Waals surface area contributed by atoms with Gasteiger partial charge in [-0.25, -0.2) is 9.97 Å². The molecule has 0 aliphatic carbocycles. The van der Waals surface area contributed by atoms with Crippen LogP contribution in [-0.4, -0.2) is 20.2 Å². The molecular weight excluding hydrogens is 230 g/mol. The molecule has 0 aromatic carbocycles. The molecule has 78 valence electrons. The van der Waals surface area contributed by atoms with E-state index in [2.05, 4.69) is 20.2 Å². The lowest BCUT2D eigenvalue weighted by atomic mass is 10.5. The highest BCUT2D eigenvalue weighted by Crippen LogP contribution is 2.28. The van der Waals surface area contributed by atoms with Crippen molar-refractivity contribution in [2.75, 3.05) is 5.73 Å². The van der Waals surface area contributed by atoms with Crippen LogP contribution in [-0.2, 0) is 0 Å². The highest BCUT2D eigenvalue weighted by Gasteiger charge is 2.06. The quantitative estimate of drug-likeness (QED) is 0.803. The molecule has 2 rings (SSSR count). The van der Waals surface area contributed by atoms with Crippen LogP contribution in [0.5, 0.6) is 0 Å². The number of rotatable bonds is 2. The van der Waals surface area contributed by atoms with Crippen molar-refractivity contribution in [3.8, 4) is 0 Å². The topological polar surface area (TPSA) is 77.6 Å². The van der Waals surface area contributed by atoms with E-state index < -0.39 is 0 Å². The minimum absolute atomic E-state index is 0.290. The van der Waals surface area contributed by atoms with E-state index in [4.69, 9.17) is 5.73 Å². The van der Waals surface area contributed by atoms with Gasteiger partial charge in [0.2, 0.25) is 5.95 Å². The van der Waals surface area contributed by atoms with Gasteiger partial charge in [0, 0.05) is 5.69 Å². The molecule has 0 aliphatic rings. The van der Waals surface area contributed by atoms with E-state index in [9.17, 15) is 0 Å². The lowest BCUT2D eigenvalue weighted by Crippen LogP contribution is -1.97. The number of aryl methyl sites for hydroxylation is 2. The minimum Gasteiger partial charge on any atom is -0.368 e. The number of hydrogen-bond acceptors (Lipinski definition) is 7. The van der Waals surface area contributed by atoms with E-state index in [0.717, 1.165) is 20.1 Å². The molecule has 0 radical (unpaired) electrons. The average Bonchev–Trinajstić information content (AvgIpc) is 2.49. The number of aromatic nitrogens is 4. The summed E-state index contributed by atoms with van der Waals surface area (Å²) in [5, 5.41) is 9.67. The van der Waals surface area contributed by atoms with Crippen molar-refractivity contribution in [1.29, 1.82) is 0 Å². The van der Waals surface area contributed by atoms with Gasteiger partial charge >= 0.3 is 0 Å². The van der Waals surface area contributed by atoms with Crippen molar-refractivity contribution in [2.45, 2.75) is 23.2 Å². The van der Waals surface area contributed by atoms with Crippen LogP contribution in [0.3, 0.4) is 0 Å².